The highest BCUT2D eigenvalue weighted by Crippen LogP contribution is 2.24. The summed E-state index contributed by atoms with van der Waals surface area (Å²) in [4.78, 5) is 23.9. The molecule has 2 aromatic rings. The van der Waals surface area contributed by atoms with Gasteiger partial charge >= 0.3 is 0 Å². The maximum atomic E-state index is 12.9. The van der Waals surface area contributed by atoms with E-state index in [2.05, 4.69) is 15.3 Å². The average molecular weight is 340 g/mol. The van der Waals surface area contributed by atoms with Gasteiger partial charge in [0.15, 0.2) is 5.82 Å². The average Bonchev–Trinajstić information content (AvgIpc) is 2.63. The molecule has 1 fully saturated rings. The second-order valence-corrected chi connectivity index (χ2v) is 6.28. The summed E-state index contributed by atoms with van der Waals surface area (Å²) in [5.41, 5.74) is 3.05. The Balaban J connectivity index is 1.84. The van der Waals surface area contributed by atoms with Crippen LogP contribution in [0.5, 0.6) is 0 Å². The number of hydrogen-bond acceptors (Lipinski definition) is 5. The molecule has 1 N–H and O–H groups in total. The van der Waals surface area contributed by atoms with Crippen LogP contribution in [0, 0.1) is 13.8 Å². The molecule has 1 atom stereocenters. The third-order valence-corrected chi connectivity index (χ3v) is 4.48. The Morgan fingerprint density at radius 3 is 2.88 bits per heavy atom. The first kappa shape index (κ1) is 17.4. The number of aromatic nitrogens is 2. The second-order valence-electron chi connectivity index (χ2n) is 6.28. The molecule has 132 valence electrons. The van der Waals surface area contributed by atoms with Crippen molar-refractivity contribution in [2.75, 3.05) is 32.1 Å². The number of ether oxygens (including phenoxy) is 1. The second kappa shape index (κ2) is 7.61. The molecular formula is C19H24N4O2. The molecule has 1 amide bonds. The lowest BCUT2D eigenvalue weighted by atomic mass is 10.0. The lowest BCUT2D eigenvalue weighted by Crippen LogP contribution is -2.44. The van der Waals surface area contributed by atoms with E-state index in [-0.39, 0.29) is 11.9 Å². The number of hydrogen-bond donors (Lipinski definition) is 1. The molecule has 25 heavy (non-hydrogen) atoms. The van der Waals surface area contributed by atoms with Crippen molar-refractivity contribution >= 4 is 11.7 Å². The smallest absolute Gasteiger partial charge is 0.227 e. The minimum Gasteiger partial charge on any atom is -0.377 e. The van der Waals surface area contributed by atoms with E-state index in [4.69, 9.17) is 4.74 Å². The Morgan fingerprint density at radius 2 is 2.12 bits per heavy atom. The first-order valence-electron chi connectivity index (χ1n) is 8.53. The van der Waals surface area contributed by atoms with Crippen molar-refractivity contribution in [3.8, 4) is 0 Å². The predicted octanol–water partition coefficient (Wildman–Crippen LogP) is 2.28. The number of anilines is 1. The van der Waals surface area contributed by atoms with Gasteiger partial charge in [-0.3, -0.25) is 4.79 Å². The lowest BCUT2D eigenvalue weighted by molar-refractivity contribution is -0.139. The summed E-state index contributed by atoms with van der Waals surface area (Å²) in [6.07, 6.45) is 0.383. The maximum absolute atomic E-state index is 12.9. The molecule has 0 aliphatic carbocycles. The number of morpholine rings is 1. The topological polar surface area (TPSA) is 67.4 Å². The molecule has 0 unspecified atom stereocenters. The highest BCUT2D eigenvalue weighted by atomic mass is 16.5. The minimum absolute atomic E-state index is 0.0821. The van der Waals surface area contributed by atoms with Crippen LogP contribution in [0.4, 0.5) is 5.82 Å². The summed E-state index contributed by atoms with van der Waals surface area (Å²) in [5.74, 6) is 1.46. The fraction of sp³-hybridized carbons (Fsp3) is 0.421. The fourth-order valence-electron chi connectivity index (χ4n) is 3.06. The number of aryl methyl sites for hydroxylation is 2. The number of nitrogens with zero attached hydrogens (tertiary/aromatic N) is 3. The molecule has 0 saturated carbocycles. The van der Waals surface area contributed by atoms with E-state index in [0.29, 0.717) is 32.0 Å². The quantitative estimate of drug-likeness (QED) is 0.925. The van der Waals surface area contributed by atoms with Crippen LogP contribution in [0.25, 0.3) is 0 Å². The number of carbonyl (C=O) groups is 1. The Labute approximate surface area is 148 Å². The normalized spacial score (nSPS) is 17.4. The van der Waals surface area contributed by atoms with E-state index < -0.39 is 0 Å². The molecule has 1 saturated heterocycles. The first-order chi connectivity index (χ1) is 12.1. The molecule has 1 aromatic heterocycles. The van der Waals surface area contributed by atoms with Crippen molar-refractivity contribution in [2.24, 2.45) is 0 Å². The molecule has 1 aliphatic heterocycles. The first-order valence-corrected chi connectivity index (χ1v) is 8.53. The van der Waals surface area contributed by atoms with Crippen LogP contribution < -0.4 is 5.32 Å². The number of carbonyl (C=O) groups excluding carboxylic acids is 1. The van der Waals surface area contributed by atoms with Gasteiger partial charge in [-0.15, -0.1) is 0 Å². The summed E-state index contributed by atoms with van der Waals surface area (Å²) in [6.45, 7) is 5.48. The van der Waals surface area contributed by atoms with Crippen LogP contribution in [0.1, 0.15) is 28.7 Å². The molecule has 1 aliphatic rings. The number of rotatable bonds is 4. The SMILES string of the molecule is CNc1cc(C)nc([C@H]2COCCN2C(=O)Cc2ccccc2C)n1. The zero-order valence-corrected chi connectivity index (χ0v) is 15.0. The lowest BCUT2D eigenvalue weighted by Gasteiger charge is -2.35. The largest absolute Gasteiger partial charge is 0.377 e. The molecular weight excluding hydrogens is 316 g/mol. The van der Waals surface area contributed by atoms with Gasteiger partial charge in [0.1, 0.15) is 11.9 Å². The highest BCUT2D eigenvalue weighted by Gasteiger charge is 2.31. The maximum Gasteiger partial charge on any atom is 0.227 e. The number of amides is 1. The Kier molecular flexibility index (Phi) is 5.28. The van der Waals surface area contributed by atoms with E-state index in [1.165, 1.54) is 0 Å². The Hall–Kier alpha value is -2.47. The molecule has 3 rings (SSSR count). The predicted molar refractivity (Wildman–Crippen MR) is 96.5 cm³/mol. The van der Waals surface area contributed by atoms with Gasteiger partial charge in [-0.25, -0.2) is 9.97 Å². The highest BCUT2D eigenvalue weighted by molar-refractivity contribution is 5.79. The fourth-order valence-corrected chi connectivity index (χ4v) is 3.06. The van der Waals surface area contributed by atoms with Crippen molar-refractivity contribution in [3.63, 3.8) is 0 Å². The van der Waals surface area contributed by atoms with Gasteiger partial charge in [0, 0.05) is 25.4 Å². The number of benzene rings is 1. The van der Waals surface area contributed by atoms with Crippen molar-refractivity contribution in [1.29, 1.82) is 0 Å². The molecule has 6 heteroatoms. The molecule has 2 heterocycles. The minimum atomic E-state index is -0.253. The van der Waals surface area contributed by atoms with Gasteiger partial charge in [-0.1, -0.05) is 24.3 Å². The summed E-state index contributed by atoms with van der Waals surface area (Å²) < 4.78 is 5.61. The van der Waals surface area contributed by atoms with E-state index in [0.717, 1.165) is 22.6 Å². The monoisotopic (exact) mass is 340 g/mol. The summed E-state index contributed by atoms with van der Waals surface area (Å²) in [5, 5.41) is 3.04. The van der Waals surface area contributed by atoms with Crippen LogP contribution in [0.3, 0.4) is 0 Å². The van der Waals surface area contributed by atoms with Gasteiger partial charge in [-0.2, -0.15) is 0 Å². The van der Waals surface area contributed by atoms with E-state index in [1.54, 1.807) is 0 Å². The molecule has 0 spiro atoms. The third kappa shape index (κ3) is 3.96. The van der Waals surface area contributed by atoms with Crippen molar-refractivity contribution in [2.45, 2.75) is 26.3 Å². The zero-order valence-electron chi connectivity index (χ0n) is 15.0. The molecule has 0 bridgehead atoms. The van der Waals surface area contributed by atoms with Gasteiger partial charge < -0.3 is 15.0 Å². The summed E-state index contributed by atoms with van der Waals surface area (Å²) >= 11 is 0. The van der Waals surface area contributed by atoms with Gasteiger partial charge in [0.05, 0.1) is 19.6 Å². The van der Waals surface area contributed by atoms with Crippen LogP contribution in [-0.2, 0) is 16.0 Å². The third-order valence-electron chi connectivity index (χ3n) is 4.48. The van der Waals surface area contributed by atoms with Gasteiger partial charge in [0.25, 0.3) is 0 Å². The molecule has 1 aromatic carbocycles. The molecule has 6 nitrogen and oxygen atoms in total. The van der Waals surface area contributed by atoms with E-state index in [1.807, 2.05) is 56.1 Å². The zero-order chi connectivity index (χ0) is 17.8. The van der Waals surface area contributed by atoms with Crippen LogP contribution >= 0.6 is 0 Å². The van der Waals surface area contributed by atoms with Crippen LogP contribution in [0.2, 0.25) is 0 Å². The summed E-state index contributed by atoms with van der Waals surface area (Å²) in [7, 11) is 1.82. The van der Waals surface area contributed by atoms with Crippen molar-refractivity contribution in [3.05, 3.63) is 53.0 Å². The van der Waals surface area contributed by atoms with Gasteiger partial charge in [0.2, 0.25) is 5.91 Å². The molecule has 0 radical (unpaired) electrons. The van der Waals surface area contributed by atoms with Gasteiger partial charge in [-0.05, 0) is 25.0 Å². The Morgan fingerprint density at radius 1 is 1.32 bits per heavy atom. The van der Waals surface area contributed by atoms with Crippen LogP contribution in [0.15, 0.2) is 30.3 Å². The number of nitrogens with one attached hydrogen (secondary N) is 1. The summed E-state index contributed by atoms with van der Waals surface area (Å²) in [6, 6.07) is 9.62. The standard InChI is InChI=1S/C19H24N4O2/c1-13-6-4-5-7-15(13)11-18(24)23-8-9-25-12-16(23)19-21-14(2)10-17(20-3)22-19/h4-7,10,16H,8-9,11-12H2,1-3H3,(H,20,21,22)/t16-/m1/s1. The Bertz CT molecular complexity index is 763. The van der Waals surface area contributed by atoms with E-state index in [9.17, 15) is 4.79 Å². The van der Waals surface area contributed by atoms with Crippen molar-refractivity contribution in [1.82, 2.24) is 14.9 Å². The van der Waals surface area contributed by atoms with Crippen LogP contribution in [-0.4, -0.2) is 47.6 Å². The van der Waals surface area contributed by atoms with E-state index >= 15 is 0 Å². The van der Waals surface area contributed by atoms with Crippen molar-refractivity contribution < 1.29 is 9.53 Å².